The topological polar surface area (TPSA) is 167 Å². The Morgan fingerprint density at radius 3 is 1.14 bits per heavy atom. The Kier molecular flexibility index (Phi) is 24.2. The lowest BCUT2D eigenvalue weighted by atomic mass is 9.95. The van der Waals surface area contributed by atoms with E-state index in [0.717, 1.165) is 68.5 Å². The molecule has 3 aromatic carbocycles. The Bertz CT molecular complexity index is 3600. The molecule has 90 heavy (non-hydrogen) atoms. The highest BCUT2D eigenvalue weighted by Crippen LogP contribution is 2.25. The number of hydrogen-bond acceptors (Lipinski definition) is 15. The lowest BCUT2D eigenvalue weighted by Crippen LogP contribution is -2.35. The van der Waals surface area contributed by atoms with Crippen molar-refractivity contribution in [2.75, 3.05) is 53.1 Å². The number of nitrogens with one attached hydrogen (secondary N) is 1. The van der Waals surface area contributed by atoms with Gasteiger partial charge in [-0.3, -0.25) is 34.4 Å². The first-order valence-electron chi connectivity index (χ1n) is 30.7. The molecular formula is C74H89N7O9. The lowest BCUT2D eigenvalue weighted by molar-refractivity contribution is -0.156. The molecule has 0 aliphatic carbocycles. The van der Waals surface area contributed by atoms with E-state index in [-0.39, 0.29) is 43.0 Å². The summed E-state index contributed by atoms with van der Waals surface area (Å²) in [5, 5.41) is 2.77. The quantitative estimate of drug-likeness (QED) is 0.0473. The molecule has 1 aliphatic rings. The maximum atomic E-state index is 14.0. The van der Waals surface area contributed by atoms with Crippen LogP contribution >= 0.6 is 0 Å². The summed E-state index contributed by atoms with van der Waals surface area (Å²) in [4.78, 5) is 60.9. The molecule has 3 aromatic heterocycles. The van der Waals surface area contributed by atoms with Gasteiger partial charge in [0.05, 0.1) is 61.0 Å². The third kappa shape index (κ3) is 25.4. The number of esters is 2. The van der Waals surface area contributed by atoms with Crippen LogP contribution in [0.25, 0.3) is 0 Å². The van der Waals surface area contributed by atoms with E-state index in [2.05, 4.69) is 104 Å². The molecule has 1 aliphatic heterocycles. The summed E-state index contributed by atoms with van der Waals surface area (Å²) in [6.45, 7) is 31.5. The third-order valence-electron chi connectivity index (χ3n) is 13.0. The fourth-order valence-corrected chi connectivity index (χ4v) is 9.90. The van der Waals surface area contributed by atoms with Crippen molar-refractivity contribution in [2.24, 2.45) is 10.8 Å². The number of amides is 1. The molecule has 0 saturated heterocycles. The van der Waals surface area contributed by atoms with Crippen molar-refractivity contribution in [3.8, 4) is 52.8 Å². The Hall–Kier alpha value is -8.72. The van der Waals surface area contributed by atoms with Gasteiger partial charge in [0.2, 0.25) is 0 Å². The van der Waals surface area contributed by atoms with Gasteiger partial charge in [0, 0.05) is 92.3 Å². The van der Waals surface area contributed by atoms with Gasteiger partial charge in [0.15, 0.2) is 6.61 Å². The largest absolute Gasteiger partial charge is 0.494 e. The van der Waals surface area contributed by atoms with Crippen LogP contribution in [0.3, 0.4) is 0 Å². The molecule has 16 heteroatoms. The van der Waals surface area contributed by atoms with Crippen molar-refractivity contribution in [1.82, 2.24) is 35.0 Å². The van der Waals surface area contributed by atoms with Gasteiger partial charge in [-0.05, 0) is 175 Å². The monoisotopic (exact) mass is 1220 g/mol. The van der Waals surface area contributed by atoms with Gasteiger partial charge >= 0.3 is 18.0 Å². The zero-order valence-corrected chi connectivity index (χ0v) is 55.1. The molecule has 0 spiro atoms. The molecular weight excluding hydrogens is 1130 g/mol. The third-order valence-corrected chi connectivity index (χ3v) is 13.0. The number of aromatic nitrogens is 3. The van der Waals surface area contributed by atoms with Crippen molar-refractivity contribution in [2.45, 2.75) is 147 Å². The smallest absolute Gasteiger partial charge is 0.407 e. The van der Waals surface area contributed by atoms with E-state index in [1.54, 1.807) is 12.1 Å². The number of benzene rings is 3. The van der Waals surface area contributed by atoms with E-state index in [1.807, 2.05) is 138 Å². The SMILES string of the molecule is CCOc1ccc(C#Cc2cc3nc(c2)CN(CC(C)(C)C)Cc2cc(C#Cc4ccc(OCC(=O)OC)cc4)cc(n2)CN(CC(=O)OC(C)(C)C)Cc2cc(C#Cc4ccc(OCCCNC(=O)OC(C)(C)C)cc4)cc(n2)CN(CC(C)(C)C)C3)cc1. The van der Waals surface area contributed by atoms with Gasteiger partial charge in [0.1, 0.15) is 28.5 Å². The molecule has 4 heterocycles. The molecule has 1 N–H and O–H groups in total. The number of pyridine rings is 3. The number of ether oxygens (including phenoxy) is 6. The standard InChI is InChI=1S/C74H89N7O9/c1-15-86-65-29-23-53(24-30-65)17-22-58-41-63-47-80(51-71(2,3)4)45-61-39-56(20-18-54-25-31-66(32-26-54)87-36-16-35-75-70(84)90-74(11,12)13)37-59(76-61)43-79(49-68(82)89-73(8,9)10)44-60-38-57(21-19-55-27-33-67(34-28-55)88-50-69(83)85-14)40-62(77-60)46-81(52-72(5,6)7)48-64(42-58)78-63/h23-34,37-42H,15-16,35-36,43-52H2,1-14H3,(H,75,84). The van der Waals surface area contributed by atoms with E-state index >= 15 is 0 Å². The molecule has 0 fully saturated rings. The normalized spacial score (nSPS) is 13.5. The van der Waals surface area contributed by atoms with Gasteiger partial charge < -0.3 is 33.7 Å². The van der Waals surface area contributed by atoms with Gasteiger partial charge in [-0.1, -0.05) is 77.1 Å². The predicted molar refractivity (Wildman–Crippen MR) is 350 cm³/mol. The van der Waals surface area contributed by atoms with Crippen LogP contribution in [0.4, 0.5) is 4.79 Å². The number of methoxy groups -OCH3 is 1. The lowest BCUT2D eigenvalue weighted by Gasteiger charge is -2.31. The van der Waals surface area contributed by atoms with Crippen LogP contribution in [0.2, 0.25) is 0 Å². The van der Waals surface area contributed by atoms with Crippen LogP contribution in [-0.4, -0.2) is 112 Å². The number of carbonyl (C=O) groups is 3. The fourth-order valence-electron chi connectivity index (χ4n) is 9.90. The first-order valence-corrected chi connectivity index (χ1v) is 30.7. The summed E-state index contributed by atoms with van der Waals surface area (Å²) in [6, 6.07) is 34.9. The maximum absolute atomic E-state index is 14.0. The Morgan fingerprint density at radius 1 is 0.456 bits per heavy atom. The highest BCUT2D eigenvalue weighted by molar-refractivity contribution is 5.72. The number of carbonyl (C=O) groups excluding carboxylic acids is 3. The molecule has 474 valence electrons. The minimum atomic E-state index is -0.726. The predicted octanol–water partition coefficient (Wildman–Crippen LogP) is 12.1. The van der Waals surface area contributed by atoms with E-state index in [4.69, 9.17) is 43.4 Å². The van der Waals surface area contributed by atoms with Crippen molar-refractivity contribution in [1.29, 1.82) is 0 Å². The molecule has 6 aromatic rings. The van der Waals surface area contributed by atoms with Gasteiger partial charge in [-0.15, -0.1) is 0 Å². The number of fused-ring (bicyclic) bond motifs is 6. The second kappa shape index (κ2) is 31.6. The first-order chi connectivity index (χ1) is 42.6. The van der Waals surface area contributed by atoms with Crippen molar-refractivity contribution < 1.29 is 42.8 Å². The summed E-state index contributed by atoms with van der Waals surface area (Å²) in [5.74, 6) is 21.6. The van der Waals surface area contributed by atoms with Crippen LogP contribution in [0.1, 0.15) is 164 Å². The first kappa shape index (κ1) is 68.8. The van der Waals surface area contributed by atoms with E-state index in [1.165, 1.54) is 7.11 Å². The fraction of sp³-hybridized carbons (Fsp3) is 0.432. The van der Waals surface area contributed by atoms with Gasteiger partial charge in [-0.2, -0.15) is 0 Å². The van der Waals surface area contributed by atoms with Crippen molar-refractivity contribution in [3.05, 3.63) is 177 Å². The molecule has 16 nitrogen and oxygen atoms in total. The van der Waals surface area contributed by atoms with E-state index in [9.17, 15) is 14.4 Å². The zero-order valence-electron chi connectivity index (χ0n) is 55.1. The highest BCUT2D eigenvalue weighted by atomic mass is 16.6. The molecule has 0 radical (unpaired) electrons. The summed E-state index contributed by atoms with van der Waals surface area (Å²) in [5.41, 5.74) is 7.95. The molecule has 7 rings (SSSR count). The second-order valence-electron chi connectivity index (χ2n) is 26.9. The Morgan fingerprint density at radius 2 is 0.800 bits per heavy atom. The molecule has 1 amide bonds. The number of alkyl carbamates (subject to hydrolysis) is 1. The van der Waals surface area contributed by atoms with Crippen LogP contribution in [-0.2, 0) is 63.1 Å². The number of rotatable bonds is 14. The molecule has 6 bridgehead atoms. The summed E-state index contributed by atoms with van der Waals surface area (Å²) in [7, 11) is 1.32. The highest BCUT2D eigenvalue weighted by Gasteiger charge is 2.25. The number of hydrogen-bond donors (Lipinski definition) is 1. The van der Waals surface area contributed by atoms with E-state index < -0.39 is 23.3 Å². The second-order valence-corrected chi connectivity index (χ2v) is 26.9. The van der Waals surface area contributed by atoms with Crippen molar-refractivity contribution >= 4 is 18.0 Å². The average molecular weight is 1220 g/mol. The van der Waals surface area contributed by atoms with Crippen LogP contribution in [0, 0.1) is 46.4 Å². The van der Waals surface area contributed by atoms with Crippen LogP contribution < -0.4 is 19.5 Å². The minimum absolute atomic E-state index is 0.0490. The Labute approximate surface area is 533 Å². The average Bonchev–Trinajstić information content (AvgIpc) is 1.11. The van der Waals surface area contributed by atoms with E-state index in [0.29, 0.717) is 81.8 Å². The van der Waals surface area contributed by atoms with Crippen LogP contribution in [0.5, 0.6) is 17.2 Å². The summed E-state index contributed by atoms with van der Waals surface area (Å²) >= 11 is 0. The Balaban J connectivity index is 1.32. The summed E-state index contributed by atoms with van der Waals surface area (Å²) < 4.78 is 33.4. The molecule has 0 atom stereocenters. The molecule has 0 saturated carbocycles. The minimum Gasteiger partial charge on any atom is -0.494 e. The van der Waals surface area contributed by atoms with Gasteiger partial charge in [0.25, 0.3) is 0 Å². The van der Waals surface area contributed by atoms with Crippen molar-refractivity contribution in [3.63, 3.8) is 0 Å². The maximum Gasteiger partial charge on any atom is 0.407 e. The van der Waals surface area contributed by atoms with Crippen LogP contribution in [0.15, 0.2) is 109 Å². The zero-order chi connectivity index (χ0) is 65.1. The van der Waals surface area contributed by atoms with Gasteiger partial charge in [-0.25, -0.2) is 9.59 Å². The molecule has 0 unspecified atom stereocenters. The number of nitrogens with zero attached hydrogens (tertiary/aromatic N) is 6. The summed E-state index contributed by atoms with van der Waals surface area (Å²) in [6.07, 6.45) is 0.144.